The fourth-order valence-electron chi connectivity index (χ4n) is 2.17. The van der Waals surface area contributed by atoms with Crippen LogP contribution in [0.15, 0.2) is 24.4 Å². The molecular weight excluding hydrogens is 280 g/mol. The molecule has 1 aromatic rings. The molecule has 1 aliphatic heterocycles. The first-order chi connectivity index (χ1) is 9.47. The number of nitrogens with zero attached hydrogens (tertiary/aromatic N) is 2. The van der Waals surface area contributed by atoms with Crippen LogP contribution in [-0.2, 0) is 26.2 Å². The van der Waals surface area contributed by atoms with Gasteiger partial charge in [0.2, 0.25) is 10.0 Å². The number of rotatable bonds is 4. The quantitative estimate of drug-likeness (QED) is 0.768. The van der Waals surface area contributed by atoms with Crippen molar-refractivity contribution in [3.05, 3.63) is 30.1 Å². The second kappa shape index (κ2) is 6.32. The molecule has 110 valence electrons. The van der Waals surface area contributed by atoms with Crippen LogP contribution in [-0.4, -0.2) is 43.0 Å². The first-order valence-electron chi connectivity index (χ1n) is 6.48. The molecule has 0 N–H and O–H groups in total. The second-order valence-electron chi connectivity index (χ2n) is 4.87. The van der Waals surface area contributed by atoms with Gasteiger partial charge in [-0.15, -0.1) is 0 Å². The number of carbonyl (C=O) groups is 1. The molecular formula is C13H18N2O4S. The lowest BCUT2D eigenvalue weighted by Crippen LogP contribution is -2.40. The van der Waals surface area contributed by atoms with Crippen LogP contribution in [0, 0.1) is 5.92 Å². The van der Waals surface area contributed by atoms with E-state index in [0.29, 0.717) is 31.6 Å². The number of hydrogen-bond acceptors (Lipinski definition) is 5. The number of hydrogen-bond donors (Lipinski definition) is 0. The number of pyridine rings is 1. The van der Waals surface area contributed by atoms with Crippen LogP contribution < -0.4 is 0 Å². The van der Waals surface area contributed by atoms with Gasteiger partial charge in [-0.1, -0.05) is 6.07 Å². The van der Waals surface area contributed by atoms with Crippen LogP contribution in [0.4, 0.5) is 0 Å². The first kappa shape index (κ1) is 14.9. The summed E-state index contributed by atoms with van der Waals surface area (Å²) in [6.07, 6.45) is 3.85. The largest absolute Gasteiger partial charge is 0.459 e. The Hall–Kier alpha value is -1.47. The summed E-state index contributed by atoms with van der Waals surface area (Å²) in [6, 6.07) is 5.42. The molecule has 20 heavy (non-hydrogen) atoms. The van der Waals surface area contributed by atoms with E-state index in [1.165, 1.54) is 10.6 Å². The van der Waals surface area contributed by atoms with Crippen molar-refractivity contribution in [2.45, 2.75) is 19.4 Å². The number of piperidine rings is 1. The molecule has 0 aromatic carbocycles. The van der Waals surface area contributed by atoms with Crippen molar-refractivity contribution in [1.29, 1.82) is 0 Å². The molecule has 0 saturated carbocycles. The van der Waals surface area contributed by atoms with Gasteiger partial charge in [-0.05, 0) is 25.0 Å². The van der Waals surface area contributed by atoms with Crippen LogP contribution in [0.2, 0.25) is 0 Å². The topological polar surface area (TPSA) is 76.6 Å². The molecule has 2 rings (SSSR count). The first-order valence-corrected chi connectivity index (χ1v) is 8.33. The highest BCUT2D eigenvalue weighted by atomic mass is 32.2. The van der Waals surface area contributed by atoms with Crippen molar-refractivity contribution in [3.63, 3.8) is 0 Å². The maximum Gasteiger partial charge on any atom is 0.309 e. The SMILES string of the molecule is CS(=O)(=O)N1CCC(C(=O)OCc2ccccn2)CC1. The molecule has 0 amide bonds. The Morgan fingerprint density at radius 1 is 1.40 bits per heavy atom. The van der Waals surface area contributed by atoms with Crippen LogP contribution in [0.3, 0.4) is 0 Å². The molecule has 7 heteroatoms. The molecule has 0 aliphatic carbocycles. The average Bonchev–Trinajstić information content (AvgIpc) is 2.45. The van der Waals surface area contributed by atoms with Gasteiger partial charge in [-0.25, -0.2) is 12.7 Å². The lowest BCUT2D eigenvalue weighted by Gasteiger charge is -2.28. The number of ether oxygens (including phenoxy) is 1. The monoisotopic (exact) mass is 298 g/mol. The fourth-order valence-corrected chi connectivity index (χ4v) is 3.04. The standard InChI is InChI=1S/C13H18N2O4S/c1-20(17,18)15-8-5-11(6-9-15)13(16)19-10-12-4-2-3-7-14-12/h2-4,7,11H,5-6,8-10H2,1H3. The summed E-state index contributed by atoms with van der Waals surface area (Å²) in [5.74, 6) is -0.500. The summed E-state index contributed by atoms with van der Waals surface area (Å²) in [4.78, 5) is 16.0. The van der Waals surface area contributed by atoms with E-state index in [1.807, 2.05) is 6.07 Å². The summed E-state index contributed by atoms with van der Waals surface area (Å²) in [5, 5.41) is 0. The van der Waals surface area contributed by atoms with Gasteiger partial charge >= 0.3 is 5.97 Å². The zero-order valence-electron chi connectivity index (χ0n) is 11.4. The van der Waals surface area contributed by atoms with Gasteiger partial charge in [-0.3, -0.25) is 9.78 Å². The lowest BCUT2D eigenvalue weighted by molar-refractivity contribution is -0.151. The van der Waals surface area contributed by atoms with Crippen molar-refractivity contribution in [2.24, 2.45) is 5.92 Å². The van der Waals surface area contributed by atoms with Crippen molar-refractivity contribution in [1.82, 2.24) is 9.29 Å². The normalized spacial score (nSPS) is 17.9. The summed E-state index contributed by atoms with van der Waals surface area (Å²) >= 11 is 0. The Morgan fingerprint density at radius 2 is 2.10 bits per heavy atom. The third-order valence-corrected chi connectivity index (χ3v) is 4.65. The summed E-state index contributed by atoms with van der Waals surface area (Å²) < 4.78 is 29.4. The van der Waals surface area contributed by atoms with Crippen molar-refractivity contribution < 1.29 is 17.9 Å². The highest BCUT2D eigenvalue weighted by molar-refractivity contribution is 7.88. The third kappa shape index (κ3) is 4.01. The average molecular weight is 298 g/mol. The molecule has 1 aromatic heterocycles. The van der Waals surface area contributed by atoms with E-state index in [9.17, 15) is 13.2 Å². The van der Waals surface area contributed by atoms with Crippen LogP contribution >= 0.6 is 0 Å². The molecule has 0 radical (unpaired) electrons. The molecule has 0 unspecified atom stereocenters. The zero-order valence-corrected chi connectivity index (χ0v) is 12.2. The Labute approximate surface area is 118 Å². The summed E-state index contributed by atoms with van der Waals surface area (Å²) in [6.45, 7) is 0.913. The Kier molecular flexibility index (Phi) is 4.72. The van der Waals surface area contributed by atoms with Gasteiger partial charge in [0.25, 0.3) is 0 Å². The fraction of sp³-hybridized carbons (Fsp3) is 0.538. The predicted octanol–water partition coefficient (Wildman–Crippen LogP) is 0.796. The molecule has 6 nitrogen and oxygen atoms in total. The zero-order chi connectivity index (χ0) is 14.6. The minimum Gasteiger partial charge on any atom is -0.459 e. The van der Waals surface area contributed by atoms with Gasteiger partial charge in [0, 0.05) is 19.3 Å². The Balaban J connectivity index is 1.80. The summed E-state index contributed by atoms with van der Waals surface area (Å²) in [7, 11) is -3.16. The Bertz CT molecular complexity index is 551. The molecule has 0 spiro atoms. The maximum absolute atomic E-state index is 11.9. The highest BCUT2D eigenvalue weighted by Crippen LogP contribution is 2.20. The van der Waals surface area contributed by atoms with E-state index < -0.39 is 10.0 Å². The van der Waals surface area contributed by atoms with Gasteiger partial charge < -0.3 is 4.74 Å². The van der Waals surface area contributed by atoms with Gasteiger partial charge in [0.1, 0.15) is 6.61 Å². The molecule has 0 atom stereocenters. The van der Waals surface area contributed by atoms with Crippen molar-refractivity contribution in [3.8, 4) is 0 Å². The van der Waals surface area contributed by atoms with Crippen molar-refractivity contribution in [2.75, 3.05) is 19.3 Å². The number of esters is 1. The maximum atomic E-state index is 11.9. The minimum absolute atomic E-state index is 0.159. The minimum atomic E-state index is -3.16. The molecule has 1 saturated heterocycles. The molecule has 2 heterocycles. The smallest absolute Gasteiger partial charge is 0.309 e. The number of sulfonamides is 1. The second-order valence-corrected chi connectivity index (χ2v) is 6.85. The van der Waals surface area contributed by atoms with Crippen LogP contribution in [0.1, 0.15) is 18.5 Å². The van der Waals surface area contributed by atoms with E-state index in [4.69, 9.17) is 4.74 Å². The van der Waals surface area contributed by atoms with Gasteiger partial charge in [0.15, 0.2) is 0 Å². The predicted molar refractivity (Wildman–Crippen MR) is 73.2 cm³/mol. The highest BCUT2D eigenvalue weighted by Gasteiger charge is 2.29. The number of aromatic nitrogens is 1. The molecule has 1 aliphatic rings. The van der Waals surface area contributed by atoms with E-state index in [1.54, 1.807) is 18.3 Å². The molecule has 1 fully saturated rings. The van der Waals surface area contributed by atoms with Gasteiger partial charge in [-0.2, -0.15) is 0 Å². The van der Waals surface area contributed by atoms with E-state index >= 15 is 0 Å². The van der Waals surface area contributed by atoms with Crippen LogP contribution in [0.5, 0.6) is 0 Å². The number of carbonyl (C=O) groups excluding carboxylic acids is 1. The Morgan fingerprint density at radius 3 is 2.65 bits per heavy atom. The third-order valence-electron chi connectivity index (χ3n) is 3.34. The van der Waals surface area contributed by atoms with E-state index in [2.05, 4.69) is 4.98 Å². The summed E-state index contributed by atoms with van der Waals surface area (Å²) in [5.41, 5.74) is 0.703. The molecule has 0 bridgehead atoms. The van der Waals surface area contributed by atoms with Crippen molar-refractivity contribution >= 4 is 16.0 Å². The van der Waals surface area contributed by atoms with E-state index in [0.717, 1.165) is 0 Å². The van der Waals surface area contributed by atoms with Gasteiger partial charge in [0.05, 0.1) is 17.9 Å². The van der Waals surface area contributed by atoms with Crippen LogP contribution in [0.25, 0.3) is 0 Å². The van der Waals surface area contributed by atoms with E-state index in [-0.39, 0.29) is 18.5 Å². The lowest BCUT2D eigenvalue weighted by atomic mass is 9.98.